The van der Waals surface area contributed by atoms with Gasteiger partial charge in [0, 0.05) is 47.3 Å². The van der Waals surface area contributed by atoms with Crippen molar-refractivity contribution in [1.29, 1.82) is 0 Å². The van der Waals surface area contributed by atoms with E-state index in [2.05, 4.69) is 28.2 Å². The fourth-order valence-corrected chi connectivity index (χ4v) is 8.91. The van der Waals surface area contributed by atoms with E-state index in [1.54, 1.807) is 37.1 Å². The van der Waals surface area contributed by atoms with Gasteiger partial charge in [0.1, 0.15) is 11.9 Å². The van der Waals surface area contributed by atoms with E-state index in [1.165, 1.54) is 12.1 Å². The molecule has 1 aromatic heterocycles. The molecular formula is C41H39ClN6O5S2. The molecule has 7 rings (SSSR count). The van der Waals surface area contributed by atoms with Gasteiger partial charge in [-0.1, -0.05) is 78.3 Å². The van der Waals surface area contributed by atoms with Gasteiger partial charge in [-0.2, -0.15) is 4.98 Å². The van der Waals surface area contributed by atoms with Crippen molar-refractivity contribution in [3.8, 4) is 11.1 Å². The van der Waals surface area contributed by atoms with Gasteiger partial charge in [0.05, 0.1) is 15.3 Å². The maximum atomic E-state index is 13.9. The molecule has 11 nitrogen and oxygen atoms in total. The number of rotatable bonds is 14. The normalized spacial score (nSPS) is 15.9. The maximum absolute atomic E-state index is 13.9. The molecule has 0 amide bonds. The highest BCUT2D eigenvalue weighted by Gasteiger charge is 2.32. The Morgan fingerprint density at radius 1 is 0.945 bits per heavy atom. The van der Waals surface area contributed by atoms with E-state index < -0.39 is 14.9 Å². The second-order valence-corrected chi connectivity index (χ2v) is 16.5. The molecule has 2 heterocycles. The minimum atomic E-state index is -4.32. The van der Waals surface area contributed by atoms with E-state index in [4.69, 9.17) is 26.3 Å². The van der Waals surface area contributed by atoms with Crippen molar-refractivity contribution in [3.05, 3.63) is 142 Å². The Bertz CT molecular complexity index is 2410. The van der Waals surface area contributed by atoms with E-state index in [0.717, 1.165) is 40.5 Å². The number of piperidine rings is 1. The Hall–Kier alpha value is -5.21. The summed E-state index contributed by atoms with van der Waals surface area (Å²) in [7, 11) is -2.67. The van der Waals surface area contributed by atoms with Gasteiger partial charge in [0.15, 0.2) is 5.82 Å². The number of benzene rings is 5. The number of sulfonamides is 1. The fourth-order valence-electron chi connectivity index (χ4n) is 6.88. The number of nitro benzene ring substituents is 1. The minimum absolute atomic E-state index is 0.0619. The average molecular weight is 795 g/mol. The summed E-state index contributed by atoms with van der Waals surface area (Å²) >= 11 is 8.08. The lowest BCUT2D eigenvalue weighted by Crippen LogP contribution is -2.45. The molecule has 0 spiro atoms. The Kier molecular flexibility index (Phi) is 11.8. The van der Waals surface area contributed by atoms with E-state index in [0.29, 0.717) is 47.1 Å². The number of hydrogen-bond acceptors (Lipinski definition) is 10. The van der Waals surface area contributed by atoms with Gasteiger partial charge in [-0.15, -0.1) is 11.8 Å². The Morgan fingerprint density at radius 3 is 2.45 bits per heavy atom. The number of methoxy groups -OCH3 is 1. The molecule has 2 N–H and O–H groups in total. The van der Waals surface area contributed by atoms with Gasteiger partial charge in [0.25, 0.3) is 15.7 Å². The number of thioether (sulfide) groups is 1. The van der Waals surface area contributed by atoms with Crippen LogP contribution in [0, 0.1) is 16.0 Å². The molecule has 0 radical (unpaired) electrons. The average Bonchev–Trinajstić information content (AvgIpc) is 3.20. The fraction of sp³-hybridized carbons (Fsp3) is 0.220. The summed E-state index contributed by atoms with van der Waals surface area (Å²) in [6.07, 6.45) is 1.92. The van der Waals surface area contributed by atoms with Gasteiger partial charge >= 0.3 is 0 Å². The van der Waals surface area contributed by atoms with Crippen molar-refractivity contribution in [2.75, 3.05) is 40.9 Å². The number of aromatic nitrogens is 2. The number of ether oxygens (including phenoxy) is 1. The summed E-state index contributed by atoms with van der Waals surface area (Å²) < 4.78 is 36.3. The third-order valence-electron chi connectivity index (χ3n) is 9.58. The molecule has 0 bridgehead atoms. The van der Waals surface area contributed by atoms with E-state index in [-0.39, 0.29) is 34.2 Å². The van der Waals surface area contributed by atoms with Crippen LogP contribution >= 0.6 is 23.4 Å². The molecule has 5 aromatic carbocycles. The van der Waals surface area contributed by atoms with E-state index in [9.17, 15) is 18.5 Å². The van der Waals surface area contributed by atoms with Crippen molar-refractivity contribution in [2.24, 2.45) is 5.92 Å². The number of fused-ring (bicyclic) bond motifs is 1. The van der Waals surface area contributed by atoms with E-state index in [1.807, 2.05) is 71.6 Å². The highest BCUT2D eigenvalue weighted by Crippen LogP contribution is 2.36. The Balaban J connectivity index is 1.10. The molecular weight excluding hydrogens is 756 g/mol. The molecule has 2 atom stereocenters. The molecule has 0 saturated carbocycles. The summed E-state index contributed by atoms with van der Waals surface area (Å²) in [4.78, 5) is 23.8. The molecule has 1 fully saturated rings. The minimum Gasteiger partial charge on any atom is -0.379 e. The molecule has 282 valence electrons. The van der Waals surface area contributed by atoms with Gasteiger partial charge in [-0.3, -0.25) is 14.8 Å². The van der Waals surface area contributed by atoms with Gasteiger partial charge in [-0.25, -0.2) is 13.4 Å². The first-order chi connectivity index (χ1) is 26.7. The number of nitro groups is 1. The van der Waals surface area contributed by atoms with Crippen LogP contribution in [0.4, 0.5) is 23.1 Å². The van der Waals surface area contributed by atoms with Crippen LogP contribution in [0.5, 0.6) is 0 Å². The zero-order valence-corrected chi connectivity index (χ0v) is 32.4. The lowest BCUT2D eigenvalue weighted by atomic mass is 9.86. The van der Waals surface area contributed by atoms with Crippen LogP contribution in [0.2, 0.25) is 5.02 Å². The van der Waals surface area contributed by atoms with Gasteiger partial charge < -0.3 is 15.0 Å². The first-order valence-electron chi connectivity index (χ1n) is 17.8. The summed E-state index contributed by atoms with van der Waals surface area (Å²) in [6.45, 7) is 1.01. The summed E-state index contributed by atoms with van der Waals surface area (Å²) in [5, 5.41) is 16.3. The molecule has 2 unspecified atom stereocenters. The van der Waals surface area contributed by atoms with Crippen LogP contribution in [-0.2, 0) is 21.2 Å². The summed E-state index contributed by atoms with van der Waals surface area (Å²) in [5.74, 6) is 1.31. The lowest BCUT2D eigenvalue weighted by Gasteiger charge is -2.39. The molecule has 14 heteroatoms. The van der Waals surface area contributed by atoms with Gasteiger partial charge in [-0.05, 0) is 90.4 Å². The van der Waals surface area contributed by atoms with Crippen molar-refractivity contribution >= 4 is 67.4 Å². The van der Waals surface area contributed by atoms with Crippen molar-refractivity contribution < 1.29 is 18.1 Å². The first-order valence-corrected chi connectivity index (χ1v) is 20.7. The molecule has 1 aliphatic rings. The summed E-state index contributed by atoms with van der Waals surface area (Å²) in [5.41, 5.74) is 3.85. The third kappa shape index (κ3) is 9.03. The molecule has 6 aromatic rings. The van der Waals surface area contributed by atoms with Crippen molar-refractivity contribution in [2.45, 2.75) is 35.3 Å². The number of nitrogens with zero attached hydrogens (tertiary/aromatic N) is 4. The predicted molar refractivity (Wildman–Crippen MR) is 221 cm³/mol. The van der Waals surface area contributed by atoms with Crippen molar-refractivity contribution in [1.82, 2.24) is 9.97 Å². The highest BCUT2D eigenvalue weighted by atomic mass is 35.5. The number of nitrogens with one attached hydrogen (secondary N) is 2. The van der Waals surface area contributed by atoms with Crippen molar-refractivity contribution in [3.63, 3.8) is 0 Å². The zero-order valence-electron chi connectivity index (χ0n) is 30.0. The van der Waals surface area contributed by atoms with Crippen LogP contribution in [0.25, 0.3) is 22.0 Å². The Morgan fingerprint density at radius 2 is 1.69 bits per heavy atom. The standard InChI is InChI=1S/C41H39ClN6O5S2/c1-53-39-25-28(24-30-26-31(42)16-18-34(30)29-10-4-2-5-11-29)20-22-47(39)41-44-36-15-9-8-14-35(36)40(45-41)46-55(51,52)33-17-19-37(38(27-33)48(49)50)43-21-23-54-32-12-6-3-7-13-32/h2-19,26-28,39,43H,20-25H2,1H3,(H,44,45,46). The first kappa shape index (κ1) is 38.1. The third-order valence-corrected chi connectivity index (χ3v) is 12.2. The van der Waals surface area contributed by atoms with E-state index >= 15 is 0 Å². The highest BCUT2D eigenvalue weighted by molar-refractivity contribution is 7.99. The SMILES string of the molecule is COC1CC(Cc2cc(Cl)ccc2-c2ccccc2)CCN1c1nc(NS(=O)(=O)c2ccc(NCCSc3ccccc3)c([N+](=O)[O-])c2)c2ccccc2n1. The smallest absolute Gasteiger partial charge is 0.293 e. The number of halogens is 1. The topological polar surface area (TPSA) is 140 Å². The predicted octanol–water partition coefficient (Wildman–Crippen LogP) is 9.29. The second-order valence-electron chi connectivity index (χ2n) is 13.2. The molecule has 0 aliphatic carbocycles. The number of para-hydroxylation sites is 1. The van der Waals surface area contributed by atoms with Crippen LogP contribution in [0.1, 0.15) is 18.4 Å². The maximum Gasteiger partial charge on any atom is 0.293 e. The lowest BCUT2D eigenvalue weighted by molar-refractivity contribution is -0.384. The quantitative estimate of drug-likeness (QED) is 0.0475. The van der Waals surface area contributed by atoms with Crippen LogP contribution in [-0.4, -0.2) is 55.5 Å². The number of hydrogen-bond donors (Lipinski definition) is 2. The van der Waals surface area contributed by atoms with Crippen LogP contribution < -0.4 is 14.9 Å². The zero-order chi connectivity index (χ0) is 38.4. The molecule has 1 saturated heterocycles. The molecule has 1 aliphatic heterocycles. The Labute approximate surface area is 329 Å². The molecule has 55 heavy (non-hydrogen) atoms. The summed E-state index contributed by atoms with van der Waals surface area (Å²) in [6, 6.07) is 37.0. The monoisotopic (exact) mass is 794 g/mol. The van der Waals surface area contributed by atoms with Crippen LogP contribution in [0.3, 0.4) is 0 Å². The van der Waals surface area contributed by atoms with Gasteiger partial charge in [0.2, 0.25) is 5.95 Å². The largest absolute Gasteiger partial charge is 0.379 e. The number of anilines is 3. The van der Waals surface area contributed by atoms with Crippen LogP contribution in [0.15, 0.2) is 131 Å². The second kappa shape index (κ2) is 17.1.